The highest BCUT2D eigenvalue weighted by atomic mass is 79.9. The third-order valence-corrected chi connectivity index (χ3v) is 6.19. The Balaban J connectivity index is 2.36. The number of amides is 1. The van der Waals surface area contributed by atoms with Gasteiger partial charge in [-0.05, 0) is 35.0 Å². The van der Waals surface area contributed by atoms with Gasteiger partial charge in [0.05, 0.1) is 4.90 Å². The number of halogens is 1. The Morgan fingerprint density at radius 1 is 1.48 bits per heavy atom. The van der Waals surface area contributed by atoms with Crippen LogP contribution in [0.2, 0.25) is 0 Å². The van der Waals surface area contributed by atoms with Gasteiger partial charge in [0.15, 0.2) is 0 Å². The number of hydrogen-bond donors (Lipinski definition) is 2. The van der Waals surface area contributed by atoms with Crippen molar-refractivity contribution in [3.63, 3.8) is 0 Å². The van der Waals surface area contributed by atoms with Crippen LogP contribution < -0.4 is 10.6 Å². The van der Waals surface area contributed by atoms with Crippen LogP contribution >= 0.6 is 15.9 Å². The highest BCUT2D eigenvalue weighted by molar-refractivity contribution is 9.10. The molecule has 0 saturated carbocycles. The molecule has 1 amide bonds. The van der Waals surface area contributed by atoms with E-state index in [0.29, 0.717) is 24.1 Å². The standard InChI is InChI=1S/C13H18BrN3O3S/c1-2-16-13(18)11-9-15-7-8-17(11)21(19,20)12-6-4-3-5-10(12)14/h3-6,11,15H,2,7-9H2,1H3,(H,16,18). The van der Waals surface area contributed by atoms with Crippen molar-refractivity contribution in [1.82, 2.24) is 14.9 Å². The minimum absolute atomic E-state index is 0.182. The highest BCUT2D eigenvalue weighted by Gasteiger charge is 2.38. The van der Waals surface area contributed by atoms with Crippen LogP contribution in [0, 0.1) is 0 Å². The zero-order chi connectivity index (χ0) is 15.5. The molecule has 1 atom stereocenters. The minimum Gasteiger partial charge on any atom is -0.355 e. The number of nitrogens with zero attached hydrogens (tertiary/aromatic N) is 1. The van der Waals surface area contributed by atoms with Crippen molar-refractivity contribution < 1.29 is 13.2 Å². The molecule has 1 aromatic rings. The van der Waals surface area contributed by atoms with Crippen molar-refractivity contribution in [3.05, 3.63) is 28.7 Å². The summed E-state index contributed by atoms with van der Waals surface area (Å²) in [5.41, 5.74) is 0. The van der Waals surface area contributed by atoms with E-state index in [-0.39, 0.29) is 17.3 Å². The molecule has 2 rings (SSSR count). The summed E-state index contributed by atoms with van der Waals surface area (Å²) >= 11 is 3.26. The lowest BCUT2D eigenvalue weighted by Gasteiger charge is -2.34. The van der Waals surface area contributed by atoms with Crippen molar-refractivity contribution in [2.75, 3.05) is 26.2 Å². The molecule has 6 nitrogen and oxygen atoms in total. The van der Waals surface area contributed by atoms with Gasteiger partial charge in [0.25, 0.3) is 0 Å². The van der Waals surface area contributed by atoms with Gasteiger partial charge in [-0.1, -0.05) is 12.1 Å². The van der Waals surface area contributed by atoms with Crippen LogP contribution in [0.1, 0.15) is 6.92 Å². The molecule has 2 N–H and O–H groups in total. The smallest absolute Gasteiger partial charge is 0.245 e. The van der Waals surface area contributed by atoms with Gasteiger partial charge >= 0.3 is 0 Å². The summed E-state index contributed by atoms with van der Waals surface area (Å²) in [6, 6.07) is 5.91. The van der Waals surface area contributed by atoms with Gasteiger partial charge in [-0.15, -0.1) is 0 Å². The van der Waals surface area contributed by atoms with Crippen molar-refractivity contribution >= 4 is 31.9 Å². The number of carbonyl (C=O) groups excluding carboxylic acids is 1. The van der Waals surface area contributed by atoms with Gasteiger partial charge in [0.2, 0.25) is 15.9 Å². The van der Waals surface area contributed by atoms with Crippen molar-refractivity contribution in [2.45, 2.75) is 17.9 Å². The molecule has 0 spiro atoms. The first kappa shape index (κ1) is 16.4. The van der Waals surface area contributed by atoms with E-state index in [1.807, 2.05) is 0 Å². The predicted octanol–water partition coefficient (Wildman–Crippen LogP) is 0.548. The molecule has 1 aliphatic rings. The van der Waals surface area contributed by atoms with Gasteiger partial charge < -0.3 is 10.6 Å². The second-order valence-electron chi connectivity index (χ2n) is 4.66. The topological polar surface area (TPSA) is 78.5 Å². The average Bonchev–Trinajstić information content (AvgIpc) is 2.48. The van der Waals surface area contributed by atoms with E-state index in [1.54, 1.807) is 25.1 Å². The summed E-state index contributed by atoms with van der Waals surface area (Å²) in [6.45, 7) is 3.39. The zero-order valence-electron chi connectivity index (χ0n) is 11.7. The fourth-order valence-electron chi connectivity index (χ4n) is 2.27. The summed E-state index contributed by atoms with van der Waals surface area (Å²) in [6.07, 6.45) is 0. The Hall–Kier alpha value is -0.960. The van der Waals surface area contributed by atoms with Crippen molar-refractivity contribution in [2.24, 2.45) is 0 Å². The van der Waals surface area contributed by atoms with Crippen molar-refractivity contribution in [3.8, 4) is 0 Å². The van der Waals surface area contributed by atoms with Crippen molar-refractivity contribution in [1.29, 1.82) is 0 Å². The van der Waals surface area contributed by atoms with E-state index < -0.39 is 16.1 Å². The first-order chi connectivity index (χ1) is 9.98. The minimum atomic E-state index is -3.72. The molecule has 8 heteroatoms. The normalized spacial score (nSPS) is 20.2. The molecule has 0 bridgehead atoms. The number of likely N-dealkylation sites (N-methyl/N-ethyl adjacent to an activating group) is 1. The lowest BCUT2D eigenvalue weighted by molar-refractivity contribution is -0.125. The molecule has 0 aromatic heterocycles. The van der Waals surface area contributed by atoms with Gasteiger partial charge in [-0.25, -0.2) is 8.42 Å². The Morgan fingerprint density at radius 3 is 2.86 bits per heavy atom. The van der Waals surface area contributed by atoms with E-state index in [0.717, 1.165) is 0 Å². The molecule has 0 aliphatic carbocycles. The monoisotopic (exact) mass is 375 g/mol. The summed E-state index contributed by atoms with van der Waals surface area (Å²) in [7, 11) is -3.72. The van der Waals surface area contributed by atoms with Crippen LogP contribution in [0.5, 0.6) is 0 Å². The average molecular weight is 376 g/mol. The van der Waals surface area contributed by atoms with E-state index >= 15 is 0 Å². The first-order valence-electron chi connectivity index (χ1n) is 6.73. The fraction of sp³-hybridized carbons (Fsp3) is 0.462. The molecule has 1 saturated heterocycles. The van der Waals surface area contributed by atoms with Gasteiger partial charge in [0, 0.05) is 30.7 Å². The Kier molecular flexibility index (Phi) is 5.37. The van der Waals surface area contributed by atoms with E-state index in [2.05, 4.69) is 26.6 Å². The summed E-state index contributed by atoms with van der Waals surface area (Å²) in [5.74, 6) is -0.277. The number of nitrogens with one attached hydrogen (secondary N) is 2. The Labute approximate surface area is 133 Å². The number of rotatable bonds is 4. The zero-order valence-corrected chi connectivity index (χ0v) is 14.1. The number of benzene rings is 1. The molecule has 1 heterocycles. The van der Waals surface area contributed by atoms with Crippen LogP contribution in [-0.2, 0) is 14.8 Å². The molecule has 0 radical (unpaired) electrons. The Bertz CT molecular complexity index is 621. The molecule has 1 unspecified atom stereocenters. The predicted molar refractivity (Wildman–Crippen MR) is 83.4 cm³/mol. The molecule has 1 aliphatic heterocycles. The van der Waals surface area contributed by atoms with E-state index in [1.165, 1.54) is 10.4 Å². The summed E-state index contributed by atoms with van der Waals surface area (Å²) in [4.78, 5) is 12.3. The van der Waals surface area contributed by atoms with Crippen LogP contribution in [0.4, 0.5) is 0 Å². The molecule has 21 heavy (non-hydrogen) atoms. The number of sulfonamides is 1. The highest BCUT2D eigenvalue weighted by Crippen LogP contribution is 2.26. The molecule has 1 aromatic carbocycles. The van der Waals surface area contributed by atoms with Crippen LogP contribution in [0.15, 0.2) is 33.6 Å². The number of hydrogen-bond acceptors (Lipinski definition) is 4. The van der Waals surface area contributed by atoms with Gasteiger partial charge in [-0.2, -0.15) is 4.31 Å². The first-order valence-corrected chi connectivity index (χ1v) is 8.96. The lowest BCUT2D eigenvalue weighted by atomic mass is 10.2. The number of carbonyl (C=O) groups is 1. The number of piperazine rings is 1. The maximum Gasteiger partial charge on any atom is 0.245 e. The van der Waals surface area contributed by atoms with Crippen LogP contribution in [0.25, 0.3) is 0 Å². The Morgan fingerprint density at radius 2 is 2.19 bits per heavy atom. The largest absolute Gasteiger partial charge is 0.355 e. The summed E-state index contributed by atoms with van der Waals surface area (Å²) in [5, 5.41) is 5.75. The quantitative estimate of drug-likeness (QED) is 0.805. The third kappa shape index (κ3) is 3.45. The molecular formula is C13H18BrN3O3S. The van der Waals surface area contributed by atoms with Crippen LogP contribution in [0.3, 0.4) is 0 Å². The molecule has 116 valence electrons. The van der Waals surface area contributed by atoms with Gasteiger partial charge in [-0.3, -0.25) is 4.79 Å². The van der Waals surface area contributed by atoms with Crippen LogP contribution in [-0.4, -0.2) is 50.9 Å². The molecular weight excluding hydrogens is 358 g/mol. The maximum atomic E-state index is 12.8. The second kappa shape index (κ2) is 6.87. The van der Waals surface area contributed by atoms with Gasteiger partial charge in [0.1, 0.15) is 6.04 Å². The summed E-state index contributed by atoms with van der Waals surface area (Å²) < 4.78 is 27.4. The molecule has 1 fully saturated rings. The lowest BCUT2D eigenvalue weighted by Crippen LogP contribution is -2.59. The SMILES string of the molecule is CCNC(=O)C1CNCCN1S(=O)(=O)c1ccccc1Br. The second-order valence-corrected chi connectivity index (χ2v) is 7.37. The van der Waals surface area contributed by atoms with E-state index in [4.69, 9.17) is 0 Å². The fourth-order valence-corrected chi connectivity index (χ4v) is 4.82. The maximum absolute atomic E-state index is 12.8. The third-order valence-electron chi connectivity index (χ3n) is 3.27. The van der Waals surface area contributed by atoms with E-state index in [9.17, 15) is 13.2 Å².